The van der Waals surface area contributed by atoms with E-state index in [0.717, 1.165) is 26.2 Å². The van der Waals surface area contributed by atoms with E-state index in [-0.39, 0.29) is 0 Å². The number of nitrogens with zero attached hydrogens (tertiary/aromatic N) is 1. The zero-order valence-corrected chi connectivity index (χ0v) is 11.4. The van der Waals surface area contributed by atoms with Crippen LogP contribution in [0.4, 0.5) is 0 Å². The Morgan fingerprint density at radius 2 is 2.06 bits per heavy atom. The van der Waals surface area contributed by atoms with E-state index in [9.17, 15) is 0 Å². The molecule has 0 bridgehead atoms. The highest BCUT2D eigenvalue weighted by Crippen LogP contribution is 2.31. The second-order valence-corrected chi connectivity index (χ2v) is 5.92. The second-order valence-electron chi connectivity index (χ2n) is 5.92. The number of fused-ring (bicyclic) bond motifs is 1. The summed E-state index contributed by atoms with van der Waals surface area (Å²) in [5.74, 6) is 0. The molecular weight excluding hydrogens is 228 g/mol. The summed E-state index contributed by atoms with van der Waals surface area (Å²) < 4.78 is 12.0. The summed E-state index contributed by atoms with van der Waals surface area (Å²) in [4.78, 5) is 2.63. The second kappa shape index (κ2) is 5.87. The number of nitrogens with one attached hydrogen (secondary N) is 1. The van der Waals surface area contributed by atoms with Crippen LogP contribution < -0.4 is 5.32 Å². The Morgan fingerprint density at radius 3 is 2.94 bits per heavy atom. The maximum absolute atomic E-state index is 6.11. The minimum absolute atomic E-state index is 0.431. The molecular formula is C14H26N2O2. The average molecular weight is 254 g/mol. The van der Waals surface area contributed by atoms with Crippen LogP contribution in [-0.4, -0.2) is 62.5 Å². The van der Waals surface area contributed by atoms with Crippen LogP contribution in [0.25, 0.3) is 0 Å². The third-order valence-electron chi connectivity index (χ3n) is 4.66. The van der Waals surface area contributed by atoms with Gasteiger partial charge >= 0.3 is 0 Å². The maximum Gasteiger partial charge on any atom is 0.0730 e. The molecule has 3 aliphatic rings. The zero-order valence-electron chi connectivity index (χ0n) is 11.4. The van der Waals surface area contributed by atoms with Gasteiger partial charge in [-0.2, -0.15) is 0 Å². The van der Waals surface area contributed by atoms with Crippen molar-refractivity contribution in [2.75, 3.05) is 33.3 Å². The van der Waals surface area contributed by atoms with Crippen LogP contribution in [-0.2, 0) is 9.47 Å². The van der Waals surface area contributed by atoms with E-state index in [1.54, 1.807) is 0 Å². The molecule has 3 rings (SSSR count). The summed E-state index contributed by atoms with van der Waals surface area (Å²) in [6.45, 7) is 4.11. The fourth-order valence-electron chi connectivity index (χ4n) is 3.79. The maximum atomic E-state index is 6.11. The summed E-state index contributed by atoms with van der Waals surface area (Å²) in [6.07, 6.45) is 7.73. The summed E-state index contributed by atoms with van der Waals surface area (Å²) >= 11 is 0. The molecule has 0 aromatic rings. The molecule has 1 aliphatic carbocycles. The lowest BCUT2D eigenvalue weighted by Crippen LogP contribution is -2.51. The van der Waals surface area contributed by atoms with Crippen LogP contribution in [0.1, 0.15) is 32.1 Å². The van der Waals surface area contributed by atoms with Crippen LogP contribution in [0.3, 0.4) is 0 Å². The van der Waals surface area contributed by atoms with E-state index in [2.05, 4.69) is 10.2 Å². The van der Waals surface area contributed by atoms with Gasteiger partial charge in [-0.05, 0) is 39.2 Å². The molecule has 0 amide bonds. The van der Waals surface area contributed by atoms with Crippen molar-refractivity contribution in [3.63, 3.8) is 0 Å². The van der Waals surface area contributed by atoms with Crippen molar-refractivity contribution in [3.05, 3.63) is 0 Å². The first-order valence-corrected chi connectivity index (χ1v) is 7.52. The number of hydrogen-bond acceptors (Lipinski definition) is 4. The van der Waals surface area contributed by atoms with E-state index < -0.39 is 0 Å². The lowest BCUT2D eigenvalue weighted by Gasteiger charge is -2.38. The minimum Gasteiger partial charge on any atom is -0.375 e. The first-order valence-electron chi connectivity index (χ1n) is 7.52. The van der Waals surface area contributed by atoms with Crippen molar-refractivity contribution in [2.24, 2.45) is 0 Å². The molecule has 4 nitrogen and oxygen atoms in total. The van der Waals surface area contributed by atoms with Gasteiger partial charge in [-0.3, -0.25) is 4.90 Å². The summed E-state index contributed by atoms with van der Waals surface area (Å²) in [5.41, 5.74) is 0. The molecule has 1 saturated carbocycles. The Hall–Kier alpha value is -0.160. The Morgan fingerprint density at radius 1 is 1.17 bits per heavy atom. The van der Waals surface area contributed by atoms with Gasteiger partial charge in [0.1, 0.15) is 0 Å². The van der Waals surface area contributed by atoms with Crippen LogP contribution in [0.5, 0.6) is 0 Å². The van der Waals surface area contributed by atoms with Crippen LogP contribution in [0.2, 0.25) is 0 Å². The van der Waals surface area contributed by atoms with Crippen molar-refractivity contribution in [2.45, 2.75) is 56.5 Å². The smallest absolute Gasteiger partial charge is 0.0730 e. The number of ether oxygens (including phenoxy) is 2. The third kappa shape index (κ3) is 2.72. The zero-order chi connectivity index (χ0) is 12.4. The molecule has 2 heterocycles. The molecule has 104 valence electrons. The molecule has 18 heavy (non-hydrogen) atoms. The van der Waals surface area contributed by atoms with Crippen molar-refractivity contribution in [3.8, 4) is 0 Å². The first kappa shape index (κ1) is 12.9. The fourth-order valence-corrected chi connectivity index (χ4v) is 3.79. The molecule has 0 aromatic carbocycles. The highest BCUT2D eigenvalue weighted by atomic mass is 16.5. The number of morpholine rings is 1. The van der Waals surface area contributed by atoms with Crippen molar-refractivity contribution >= 4 is 0 Å². The Balaban J connectivity index is 1.50. The fraction of sp³-hybridized carbons (Fsp3) is 1.00. The molecule has 0 aromatic heterocycles. The lowest BCUT2D eigenvalue weighted by atomic mass is 10.1. The van der Waals surface area contributed by atoms with E-state index in [4.69, 9.17) is 9.47 Å². The lowest BCUT2D eigenvalue weighted by molar-refractivity contribution is -0.0738. The van der Waals surface area contributed by atoms with Crippen LogP contribution in [0.15, 0.2) is 0 Å². The van der Waals surface area contributed by atoms with Gasteiger partial charge < -0.3 is 14.8 Å². The molecule has 2 saturated heterocycles. The van der Waals surface area contributed by atoms with E-state index >= 15 is 0 Å². The van der Waals surface area contributed by atoms with Gasteiger partial charge in [0.05, 0.1) is 24.9 Å². The van der Waals surface area contributed by atoms with Gasteiger partial charge in [0.25, 0.3) is 0 Å². The molecule has 0 spiro atoms. The Kier molecular flexibility index (Phi) is 4.19. The average Bonchev–Trinajstić information content (AvgIpc) is 2.99. The molecule has 3 fully saturated rings. The van der Waals surface area contributed by atoms with E-state index in [1.165, 1.54) is 32.1 Å². The number of hydrogen-bond donors (Lipinski definition) is 1. The Bertz CT molecular complexity index is 275. The summed E-state index contributed by atoms with van der Waals surface area (Å²) in [6, 6.07) is 0.672. The van der Waals surface area contributed by atoms with Gasteiger partial charge in [0, 0.05) is 25.7 Å². The van der Waals surface area contributed by atoms with E-state index in [1.807, 2.05) is 7.05 Å². The van der Waals surface area contributed by atoms with Gasteiger partial charge in [-0.15, -0.1) is 0 Å². The summed E-state index contributed by atoms with van der Waals surface area (Å²) in [5, 5.41) is 3.21. The van der Waals surface area contributed by atoms with E-state index in [0.29, 0.717) is 24.4 Å². The molecule has 4 heteroatoms. The topological polar surface area (TPSA) is 33.7 Å². The van der Waals surface area contributed by atoms with Crippen LogP contribution in [0, 0.1) is 0 Å². The predicted octanol–water partition coefficient (Wildman–Crippen LogP) is 1.01. The van der Waals surface area contributed by atoms with Gasteiger partial charge in [-0.1, -0.05) is 0 Å². The largest absolute Gasteiger partial charge is 0.375 e. The first-order chi connectivity index (χ1) is 8.86. The normalized spacial score (nSPS) is 41.2. The molecule has 2 aliphatic heterocycles. The van der Waals surface area contributed by atoms with Crippen molar-refractivity contribution in [1.29, 1.82) is 0 Å². The SMILES string of the molecule is CNCC1CCC(CN2CCOC3CCCC32)O1. The molecule has 0 radical (unpaired) electrons. The van der Waals surface area contributed by atoms with Gasteiger partial charge in [0.15, 0.2) is 0 Å². The minimum atomic E-state index is 0.431. The third-order valence-corrected chi connectivity index (χ3v) is 4.66. The highest BCUT2D eigenvalue weighted by molar-refractivity contribution is 4.91. The molecule has 4 atom stereocenters. The molecule has 4 unspecified atom stereocenters. The van der Waals surface area contributed by atoms with Crippen molar-refractivity contribution in [1.82, 2.24) is 10.2 Å². The number of rotatable bonds is 4. The van der Waals surface area contributed by atoms with Crippen LogP contribution >= 0.6 is 0 Å². The van der Waals surface area contributed by atoms with Gasteiger partial charge in [0.2, 0.25) is 0 Å². The molecule has 1 N–H and O–H groups in total. The predicted molar refractivity (Wildman–Crippen MR) is 70.8 cm³/mol. The Labute approximate surface area is 110 Å². The quantitative estimate of drug-likeness (QED) is 0.812. The number of likely N-dealkylation sites (N-methyl/N-ethyl adjacent to an activating group) is 1. The summed E-state index contributed by atoms with van der Waals surface area (Å²) in [7, 11) is 2.00. The standard InChI is InChI=1S/C14H26N2O2/c1-15-9-11-5-6-12(18-11)10-16-7-8-17-14-4-2-3-13(14)16/h11-15H,2-10H2,1H3. The van der Waals surface area contributed by atoms with Crippen molar-refractivity contribution < 1.29 is 9.47 Å². The highest BCUT2D eigenvalue weighted by Gasteiger charge is 2.37. The monoisotopic (exact) mass is 254 g/mol. The van der Waals surface area contributed by atoms with Gasteiger partial charge in [-0.25, -0.2) is 0 Å².